The first-order valence-corrected chi connectivity index (χ1v) is 7.27. The van der Waals surface area contributed by atoms with Gasteiger partial charge in [-0.05, 0) is 42.9 Å². The molecule has 2 aliphatic rings. The Kier molecular flexibility index (Phi) is 3.54. The minimum absolute atomic E-state index is 0.265. The highest BCUT2D eigenvalue weighted by atomic mass is 19.1. The van der Waals surface area contributed by atoms with Crippen LogP contribution >= 0.6 is 0 Å². The maximum absolute atomic E-state index is 14.0. The van der Waals surface area contributed by atoms with Crippen molar-refractivity contribution in [3.05, 3.63) is 29.6 Å². The Labute approximate surface area is 113 Å². The Hall–Kier alpha value is -1.38. The first-order valence-electron chi connectivity index (χ1n) is 7.27. The highest BCUT2D eigenvalue weighted by molar-refractivity contribution is 5.76. The third-order valence-electron chi connectivity index (χ3n) is 4.74. The van der Waals surface area contributed by atoms with E-state index in [1.165, 1.54) is 38.2 Å². The van der Waals surface area contributed by atoms with Gasteiger partial charge in [-0.3, -0.25) is 4.79 Å². The molecule has 1 aliphatic carbocycles. The van der Waals surface area contributed by atoms with E-state index in [1.54, 1.807) is 12.1 Å². The number of aldehydes is 1. The quantitative estimate of drug-likeness (QED) is 0.757. The van der Waals surface area contributed by atoms with Crippen molar-refractivity contribution in [1.29, 1.82) is 0 Å². The first kappa shape index (κ1) is 12.6. The fourth-order valence-electron chi connectivity index (χ4n) is 3.67. The predicted octanol–water partition coefficient (Wildman–Crippen LogP) is 3.65. The third-order valence-corrected chi connectivity index (χ3v) is 4.74. The molecular weight excluding hydrogens is 241 g/mol. The summed E-state index contributed by atoms with van der Waals surface area (Å²) in [4.78, 5) is 12.8. The molecule has 1 aromatic carbocycles. The van der Waals surface area contributed by atoms with Gasteiger partial charge in [0.05, 0.1) is 5.69 Å². The number of fused-ring (bicyclic) bond motifs is 1. The lowest BCUT2D eigenvalue weighted by molar-refractivity contribution is 0.112. The Morgan fingerprint density at radius 3 is 2.68 bits per heavy atom. The van der Waals surface area contributed by atoms with Crippen LogP contribution in [-0.2, 0) is 0 Å². The maximum atomic E-state index is 14.0. The molecule has 1 saturated carbocycles. The predicted molar refractivity (Wildman–Crippen MR) is 74.1 cm³/mol. The van der Waals surface area contributed by atoms with Gasteiger partial charge in [-0.2, -0.15) is 0 Å². The van der Waals surface area contributed by atoms with Gasteiger partial charge in [0.15, 0.2) is 0 Å². The number of benzene rings is 1. The summed E-state index contributed by atoms with van der Waals surface area (Å²) in [7, 11) is 0. The van der Waals surface area contributed by atoms with Crippen molar-refractivity contribution in [1.82, 2.24) is 0 Å². The Balaban J connectivity index is 1.77. The second kappa shape index (κ2) is 5.32. The van der Waals surface area contributed by atoms with Crippen LogP contribution in [0.5, 0.6) is 0 Å². The van der Waals surface area contributed by atoms with Crippen LogP contribution in [0.2, 0.25) is 0 Å². The van der Waals surface area contributed by atoms with Crippen molar-refractivity contribution < 1.29 is 9.18 Å². The average molecular weight is 261 g/mol. The zero-order valence-electron chi connectivity index (χ0n) is 11.1. The molecule has 2 unspecified atom stereocenters. The lowest BCUT2D eigenvalue weighted by Gasteiger charge is -2.42. The van der Waals surface area contributed by atoms with Crippen LogP contribution < -0.4 is 4.90 Å². The number of anilines is 1. The van der Waals surface area contributed by atoms with Crippen LogP contribution in [0.3, 0.4) is 0 Å². The summed E-state index contributed by atoms with van der Waals surface area (Å²) in [5, 5.41) is 0. The van der Waals surface area contributed by atoms with Gasteiger partial charge < -0.3 is 4.90 Å². The van der Waals surface area contributed by atoms with Gasteiger partial charge in [-0.15, -0.1) is 0 Å². The molecule has 1 aliphatic heterocycles. The van der Waals surface area contributed by atoms with Gasteiger partial charge in [0, 0.05) is 18.7 Å². The zero-order valence-corrected chi connectivity index (χ0v) is 11.1. The molecule has 0 aromatic heterocycles. The normalized spacial score (nSPS) is 26.9. The monoisotopic (exact) mass is 261 g/mol. The van der Waals surface area contributed by atoms with Crippen molar-refractivity contribution >= 4 is 12.0 Å². The summed E-state index contributed by atoms with van der Waals surface area (Å²) < 4.78 is 14.0. The largest absolute Gasteiger partial charge is 0.369 e. The molecule has 2 fully saturated rings. The Morgan fingerprint density at radius 1 is 1.16 bits per heavy atom. The van der Waals surface area contributed by atoms with Crippen molar-refractivity contribution in [2.75, 3.05) is 18.0 Å². The molecule has 1 aromatic rings. The topological polar surface area (TPSA) is 20.3 Å². The van der Waals surface area contributed by atoms with E-state index >= 15 is 0 Å². The number of halogens is 1. The number of carbonyl (C=O) groups excluding carboxylic acids is 1. The highest BCUT2D eigenvalue weighted by Crippen LogP contribution is 2.38. The van der Waals surface area contributed by atoms with Crippen molar-refractivity contribution in [2.45, 2.75) is 32.1 Å². The van der Waals surface area contributed by atoms with E-state index in [-0.39, 0.29) is 5.82 Å². The minimum atomic E-state index is -0.265. The number of nitrogens with zero attached hydrogens (tertiary/aromatic N) is 1. The molecule has 0 radical (unpaired) electrons. The van der Waals surface area contributed by atoms with Crippen molar-refractivity contribution in [3.63, 3.8) is 0 Å². The van der Waals surface area contributed by atoms with Gasteiger partial charge in [0.25, 0.3) is 0 Å². The fourth-order valence-corrected chi connectivity index (χ4v) is 3.67. The summed E-state index contributed by atoms with van der Waals surface area (Å²) in [6, 6.07) is 4.80. The van der Waals surface area contributed by atoms with E-state index in [4.69, 9.17) is 0 Å². The van der Waals surface area contributed by atoms with Crippen molar-refractivity contribution in [2.24, 2.45) is 11.8 Å². The van der Waals surface area contributed by atoms with E-state index in [9.17, 15) is 9.18 Å². The summed E-state index contributed by atoms with van der Waals surface area (Å²) in [6.45, 7) is 1.92. The first-order chi connectivity index (χ1) is 9.28. The van der Waals surface area contributed by atoms with Gasteiger partial charge >= 0.3 is 0 Å². The van der Waals surface area contributed by atoms with Gasteiger partial charge in [0.1, 0.15) is 12.1 Å². The van der Waals surface area contributed by atoms with Crippen molar-refractivity contribution in [3.8, 4) is 0 Å². The number of piperidine rings is 1. The van der Waals surface area contributed by atoms with E-state index < -0.39 is 0 Å². The number of hydrogen-bond acceptors (Lipinski definition) is 2. The molecule has 3 heteroatoms. The molecule has 2 nitrogen and oxygen atoms in total. The van der Waals surface area contributed by atoms with Crippen LogP contribution in [0, 0.1) is 17.7 Å². The van der Waals surface area contributed by atoms with Crippen LogP contribution in [-0.4, -0.2) is 19.4 Å². The average Bonchev–Trinajstić information content (AvgIpc) is 2.46. The van der Waals surface area contributed by atoms with Gasteiger partial charge in [-0.1, -0.05) is 19.3 Å². The standard InChI is InChI=1S/C16H20FNO/c17-15-9-12(11-19)5-6-16(15)18-8-7-13-3-1-2-4-14(13)10-18/h5-6,9,11,13-14H,1-4,7-8,10H2. The molecule has 0 amide bonds. The van der Waals surface area contributed by atoms with Crippen LogP contribution in [0.25, 0.3) is 0 Å². The number of carbonyl (C=O) groups is 1. The smallest absolute Gasteiger partial charge is 0.150 e. The Bertz CT molecular complexity index is 474. The van der Waals surface area contributed by atoms with Crippen LogP contribution in [0.15, 0.2) is 18.2 Å². The molecule has 3 rings (SSSR count). The molecule has 0 bridgehead atoms. The lowest BCUT2D eigenvalue weighted by atomic mass is 9.75. The molecule has 0 N–H and O–H groups in total. The highest BCUT2D eigenvalue weighted by Gasteiger charge is 2.31. The summed E-state index contributed by atoms with van der Waals surface area (Å²) in [5.74, 6) is 1.31. The number of rotatable bonds is 2. The lowest BCUT2D eigenvalue weighted by Crippen LogP contribution is -2.42. The summed E-state index contributed by atoms with van der Waals surface area (Å²) in [6.07, 6.45) is 7.20. The van der Waals surface area contributed by atoms with Crippen LogP contribution in [0.4, 0.5) is 10.1 Å². The van der Waals surface area contributed by atoms with Crippen LogP contribution in [0.1, 0.15) is 42.5 Å². The summed E-state index contributed by atoms with van der Waals surface area (Å²) in [5.41, 5.74) is 1.07. The Morgan fingerprint density at radius 2 is 1.95 bits per heavy atom. The molecule has 1 heterocycles. The van der Waals surface area contributed by atoms with Gasteiger partial charge in [-0.25, -0.2) is 4.39 Å². The molecule has 19 heavy (non-hydrogen) atoms. The third kappa shape index (κ3) is 2.51. The molecular formula is C16H20FNO. The molecule has 102 valence electrons. The van der Waals surface area contributed by atoms with E-state index in [1.807, 2.05) is 0 Å². The second-order valence-corrected chi connectivity index (χ2v) is 5.87. The van der Waals surface area contributed by atoms with Gasteiger partial charge in [0.2, 0.25) is 0 Å². The fraction of sp³-hybridized carbons (Fsp3) is 0.562. The second-order valence-electron chi connectivity index (χ2n) is 5.87. The molecule has 1 saturated heterocycles. The maximum Gasteiger partial charge on any atom is 0.150 e. The van der Waals surface area contributed by atoms with E-state index in [0.29, 0.717) is 17.5 Å². The van der Waals surface area contributed by atoms with E-state index in [0.717, 1.165) is 24.9 Å². The minimum Gasteiger partial charge on any atom is -0.369 e. The molecule has 2 atom stereocenters. The SMILES string of the molecule is O=Cc1ccc(N2CCC3CCCCC3C2)c(F)c1. The van der Waals surface area contributed by atoms with E-state index in [2.05, 4.69) is 4.90 Å². The molecule has 0 spiro atoms. The zero-order chi connectivity index (χ0) is 13.2. The summed E-state index contributed by atoms with van der Waals surface area (Å²) >= 11 is 0. The number of hydrogen-bond donors (Lipinski definition) is 0.